The molecule has 0 heterocycles. The first kappa shape index (κ1) is 20.7. The Bertz CT molecular complexity index is 933. The minimum atomic E-state index is -0.625. The molecule has 6 nitrogen and oxygen atoms in total. The number of hydrogen-bond donors (Lipinski definition) is 0. The first-order valence-electron chi connectivity index (χ1n) is 9.55. The molecule has 0 amide bonds. The fourth-order valence-corrected chi connectivity index (χ4v) is 3.99. The summed E-state index contributed by atoms with van der Waals surface area (Å²) in [5, 5.41) is 0. The number of fused-ring (bicyclic) bond motifs is 1. The van der Waals surface area contributed by atoms with Crippen molar-refractivity contribution < 1.29 is 28.5 Å². The van der Waals surface area contributed by atoms with Gasteiger partial charge in [-0.15, -0.1) is 0 Å². The maximum Gasteiger partial charge on any atom is 0.310 e. The van der Waals surface area contributed by atoms with Crippen molar-refractivity contribution in [1.82, 2.24) is 0 Å². The van der Waals surface area contributed by atoms with Gasteiger partial charge in [-0.1, -0.05) is 6.07 Å². The average Bonchev–Trinajstić information content (AvgIpc) is 2.73. The number of ketones is 1. The summed E-state index contributed by atoms with van der Waals surface area (Å²) in [5.41, 5.74) is 3.10. The second-order valence-corrected chi connectivity index (χ2v) is 6.99. The lowest BCUT2D eigenvalue weighted by molar-refractivity contribution is -0.148. The van der Waals surface area contributed by atoms with Crippen LogP contribution < -0.4 is 14.2 Å². The van der Waals surface area contributed by atoms with E-state index in [9.17, 15) is 9.59 Å². The topological polar surface area (TPSA) is 71.1 Å². The highest BCUT2D eigenvalue weighted by Crippen LogP contribution is 2.45. The number of carbonyl (C=O) groups is 2. The zero-order valence-corrected chi connectivity index (χ0v) is 17.4. The average molecular weight is 398 g/mol. The maximum atomic E-state index is 12.9. The van der Waals surface area contributed by atoms with Crippen LogP contribution in [-0.2, 0) is 9.53 Å². The van der Waals surface area contributed by atoms with Crippen molar-refractivity contribution in [2.24, 2.45) is 5.92 Å². The van der Waals surface area contributed by atoms with Gasteiger partial charge in [0.1, 0.15) is 5.75 Å². The summed E-state index contributed by atoms with van der Waals surface area (Å²) >= 11 is 0. The third-order valence-corrected chi connectivity index (χ3v) is 5.37. The fraction of sp³-hybridized carbons (Fsp3) is 0.391. The maximum absolute atomic E-state index is 12.9. The molecule has 0 aliphatic heterocycles. The molecule has 0 bridgehead atoms. The zero-order valence-electron chi connectivity index (χ0n) is 17.4. The summed E-state index contributed by atoms with van der Waals surface area (Å²) < 4.78 is 21.6. The lowest BCUT2D eigenvalue weighted by atomic mass is 9.71. The van der Waals surface area contributed by atoms with Crippen LogP contribution in [0.5, 0.6) is 17.2 Å². The Morgan fingerprint density at radius 3 is 2.31 bits per heavy atom. The van der Waals surface area contributed by atoms with E-state index in [1.165, 1.54) is 0 Å². The Kier molecular flexibility index (Phi) is 6.11. The molecule has 0 saturated heterocycles. The van der Waals surface area contributed by atoms with Gasteiger partial charge in [0.25, 0.3) is 0 Å². The molecule has 1 aliphatic carbocycles. The number of benzene rings is 2. The van der Waals surface area contributed by atoms with E-state index >= 15 is 0 Å². The van der Waals surface area contributed by atoms with Crippen molar-refractivity contribution in [3.8, 4) is 17.2 Å². The molecular formula is C23H26O6. The van der Waals surface area contributed by atoms with Crippen molar-refractivity contribution >= 4 is 11.8 Å². The van der Waals surface area contributed by atoms with Gasteiger partial charge in [-0.2, -0.15) is 0 Å². The number of rotatable bonds is 6. The quantitative estimate of drug-likeness (QED) is 0.687. The molecular weight excluding hydrogens is 372 g/mol. The second kappa shape index (κ2) is 8.55. The van der Waals surface area contributed by atoms with Crippen LogP contribution in [0.2, 0.25) is 0 Å². The highest BCUT2D eigenvalue weighted by atomic mass is 16.5. The lowest BCUT2D eigenvalue weighted by Gasteiger charge is -2.32. The van der Waals surface area contributed by atoms with Gasteiger partial charge in [0.15, 0.2) is 17.3 Å². The smallest absolute Gasteiger partial charge is 0.310 e. The van der Waals surface area contributed by atoms with Crippen LogP contribution in [-0.4, -0.2) is 39.7 Å². The molecule has 0 N–H and O–H groups in total. The summed E-state index contributed by atoms with van der Waals surface area (Å²) in [7, 11) is 4.73. The Morgan fingerprint density at radius 1 is 1.00 bits per heavy atom. The third-order valence-electron chi connectivity index (χ3n) is 5.37. The van der Waals surface area contributed by atoms with Gasteiger partial charge in [0, 0.05) is 17.9 Å². The van der Waals surface area contributed by atoms with Crippen LogP contribution >= 0.6 is 0 Å². The minimum absolute atomic E-state index is 0.0690. The summed E-state index contributed by atoms with van der Waals surface area (Å²) in [6.07, 6.45) is 0.0939. The molecule has 0 aromatic heterocycles. The van der Waals surface area contributed by atoms with Crippen LogP contribution in [0, 0.1) is 12.8 Å². The Balaban J connectivity index is 2.22. The zero-order chi connectivity index (χ0) is 21.1. The SMILES string of the molecule is CCOC(=O)[C@@H]1CC(=O)c2cc(C)c(OC)cc2[C@H]1c1ccc(OC)c(OC)c1. The van der Waals surface area contributed by atoms with Gasteiger partial charge in [-0.05, 0) is 54.8 Å². The highest BCUT2D eigenvalue weighted by molar-refractivity contribution is 6.02. The van der Waals surface area contributed by atoms with E-state index < -0.39 is 5.92 Å². The Hall–Kier alpha value is -3.02. The summed E-state index contributed by atoms with van der Waals surface area (Å²) in [4.78, 5) is 25.6. The number of carbonyl (C=O) groups excluding carboxylic acids is 2. The van der Waals surface area contributed by atoms with Crippen molar-refractivity contribution in [3.63, 3.8) is 0 Å². The van der Waals surface area contributed by atoms with E-state index in [4.69, 9.17) is 18.9 Å². The molecule has 3 rings (SSSR count). The summed E-state index contributed by atoms with van der Waals surface area (Å²) in [6.45, 7) is 3.91. The number of ether oxygens (including phenoxy) is 4. The summed E-state index contributed by atoms with van der Waals surface area (Å²) in [6, 6.07) is 9.24. The molecule has 154 valence electrons. The number of hydrogen-bond acceptors (Lipinski definition) is 6. The van der Waals surface area contributed by atoms with E-state index in [1.54, 1.807) is 34.3 Å². The molecule has 2 aromatic carbocycles. The van der Waals surface area contributed by atoms with Crippen LogP contribution in [0.1, 0.15) is 46.3 Å². The fourth-order valence-electron chi connectivity index (χ4n) is 3.99. The normalized spacial score (nSPS) is 18.0. The largest absolute Gasteiger partial charge is 0.496 e. The molecule has 0 spiro atoms. The molecule has 2 atom stereocenters. The van der Waals surface area contributed by atoms with Gasteiger partial charge in [-0.25, -0.2) is 0 Å². The molecule has 0 saturated carbocycles. The second-order valence-electron chi connectivity index (χ2n) is 6.99. The molecule has 1 aliphatic rings. The number of Topliss-reactive ketones (excluding diaryl/α,β-unsaturated/α-hetero) is 1. The van der Waals surface area contributed by atoms with E-state index in [0.29, 0.717) is 22.8 Å². The number of methoxy groups -OCH3 is 3. The predicted molar refractivity (Wildman–Crippen MR) is 108 cm³/mol. The van der Waals surface area contributed by atoms with Gasteiger partial charge in [0.05, 0.1) is 33.9 Å². The van der Waals surface area contributed by atoms with Crippen molar-refractivity contribution in [2.75, 3.05) is 27.9 Å². The van der Waals surface area contributed by atoms with E-state index in [1.807, 2.05) is 31.2 Å². The molecule has 0 unspecified atom stereocenters. The Morgan fingerprint density at radius 2 is 1.69 bits per heavy atom. The summed E-state index contributed by atoms with van der Waals surface area (Å²) in [5.74, 6) is 0.386. The standard InChI is InChI=1S/C23H26O6/c1-6-29-23(25)17-11-18(24)15-9-13(2)20(27-4)12-16(15)22(17)14-7-8-19(26-3)21(10-14)28-5/h7-10,12,17,22H,6,11H2,1-5H3/t17-,22-/m1/s1. The van der Waals surface area contributed by atoms with Crippen molar-refractivity contribution in [1.29, 1.82) is 0 Å². The molecule has 29 heavy (non-hydrogen) atoms. The van der Waals surface area contributed by atoms with Crippen molar-refractivity contribution in [3.05, 3.63) is 52.6 Å². The lowest BCUT2D eigenvalue weighted by Crippen LogP contribution is -2.33. The molecule has 0 radical (unpaired) electrons. The first-order chi connectivity index (χ1) is 13.9. The molecule has 6 heteroatoms. The predicted octanol–water partition coefficient (Wildman–Crippen LogP) is 3.92. The highest BCUT2D eigenvalue weighted by Gasteiger charge is 2.41. The van der Waals surface area contributed by atoms with E-state index in [2.05, 4.69) is 0 Å². The van der Waals surface area contributed by atoms with Crippen LogP contribution in [0.3, 0.4) is 0 Å². The van der Waals surface area contributed by atoms with Gasteiger partial charge < -0.3 is 18.9 Å². The monoisotopic (exact) mass is 398 g/mol. The van der Waals surface area contributed by atoms with Gasteiger partial charge in [0.2, 0.25) is 0 Å². The van der Waals surface area contributed by atoms with Gasteiger partial charge >= 0.3 is 5.97 Å². The number of esters is 1. The number of aryl methyl sites for hydroxylation is 1. The van der Waals surface area contributed by atoms with E-state index in [0.717, 1.165) is 16.7 Å². The van der Waals surface area contributed by atoms with E-state index in [-0.39, 0.29) is 30.7 Å². The third kappa shape index (κ3) is 3.79. The van der Waals surface area contributed by atoms with Crippen LogP contribution in [0.25, 0.3) is 0 Å². The minimum Gasteiger partial charge on any atom is -0.496 e. The molecule has 2 aromatic rings. The van der Waals surface area contributed by atoms with Crippen LogP contribution in [0.15, 0.2) is 30.3 Å². The van der Waals surface area contributed by atoms with Gasteiger partial charge in [-0.3, -0.25) is 9.59 Å². The molecule has 0 fully saturated rings. The Labute approximate surface area is 170 Å². The van der Waals surface area contributed by atoms with Crippen LogP contribution in [0.4, 0.5) is 0 Å². The van der Waals surface area contributed by atoms with Crippen molar-refractivity contribution in [2.45, 2.75) is 26.2 Å². The first-order valence-corrected chi connectivity index (χ1v) is 9.55.